The van der Waals surface area contributed by atoms with Crippen molar-refractivity contribution in [2.24, 2.45) is 5.92 Å². The topological polar surface area (TPSA) is 66.4 Å². The van der Waals surface area contributed by atoms with E-state index in [0.717, 1.165) is 30.4 Å². The molecule has 0 saturated heterocycles. The molecule has 0 fully saturated rings. The first-order valence-corrected chi connectivity index (χ1v) is 7.30. The second kappa shape index (κ2) is 7.07. The molecule has 0 radical (unpaired) electrons. The first kappa shape index (κ1) is 15.3. The molecule has 0 unspecified atom stereocenters. The van der Waals surface area contributed by atoms with Gasteiger partial charge in [-0.3, -0.25) is 9.59 Å². The molecular weight excluding hydrogens is 266 g/mol. The summed E-state index contributed by atoms with van der Waals surface area (Å²) < 4.78 is 0. The Kier molecular flexibility index (Phi) is 5.14. The molecule has 2 atom stereocenters. The van der Waals surface area contributed by atoms with Gasteiger partial charge in [-0.2, -0.15) is 0 Å². The van der Waals surface area contributed by atoms with Gasteiger partial charge in [-0.05, 0) is 37.3 Å². The Labute approximate surface area is 124 Å². The van der Waals surface area contributed by atoms with Crippen molar-refractivity contribution < 1.29 is 14.7 Å². The Hall–Kier alpha value is -2.10. The van der Waals surface area contributed by atoms with Crippen molar-refractivity contribution in [3.8, 4) is 0 Å². The fourth-order valence-electron chi connectivity index (χ4n) is 2.71. The molecule has 0 bridgehead atoms. The van der Waals surface area contributed by atoms with Crippen molar-refractivity contribution in [2.75, 3.05) is 0 Å². The predicted molar refractivity (Wildman–Crippen MR) is 80.8 cm³/mol. The summed E-state index contributed by atoms with van der Waals surface area (Å²) in [7, 11) is 0. The largest absolute Gasteiger partial charge is 0.481 e. The number of carboxylic acids is 1. The molecule has 1 aromatic rings. The maximum Gasteiger partial charge on any atom is 0.305 e. The minimum Gasteiger partial charge on any atom is -0.481 e. The molecule has 4 heteroatoms. The van der Waals surface area contributed by atoms with Crippen LogP contribution >= 0.6 is 0 Å². The molecule has 0 saturated carbocycles. The molecule has 112 valence electrons. The van der Waals surface area contributed by atoms with E-state index in [1.165, 1.54) is 0 Å². The van der Waals surface area contributed by atoms with Crippen LogP contribution in [0.25, 0.3) is 0 Å². The SMILES string of the molecule is Cc1ccccc1[C@H](CC(=O)O)NC(=O)[C@H]1CC=CCC1. The van der Waals surface area contributed by atoms with E-state index in [2.05, 4.69) is 11.4 Å². The highest BCUT2D eigenvalue weighted by Gasteiger charge is 2.24. The third kappa shape index (κ3) is 4.18. The number of carboxylic acid groups (broad SMARTS) is 1. The van der Waals surface area contributed by atoms with Gasteiger partial charge in [0.2, 0.25) is 5.91 Å². The van der Waals surface area contributed by atoms with Gasteiger partial charge in [-0.25, -0.2) is 0 Å². The minimum atomic E-state index is -0.910. The van der Waals surface area contributed by atoms with Crippen LogP contribution in [-0.4, -0.2) is 17.0 Å². The monoisotopic (exact) mass is 287 g/mol. The van der Waals surface area contributed by atoms with Crippen LogP contribution in [0.2, 0.25) is 0 Å². The van der Waals surface area contributed by atoms with E-state index in [1.54, 1.807) is 0 Å². The summed E-state index contributed by atoms with van der Waals surface area (Å²) >= 11 is 0. The fraction of sp³-hybridized carbons (Fsp3) is 0.412. The average Bonchev–Trinajstić information content (AvgIpc) is 2.47. The van der Waals surface area contributed by atoms with Gasteiger partial charge in [0.05, 0.1) is 12.5 Å². The van der Waals surface area contributed by atoms with Crippen LogP contribution in [0.5, 0.6) is 0 Å². The van der Waals surface area contributed by atoms with Crippen LogP contribution in [0.4, 0.5) is 0 Å². The van der Waals surface area contributed by atoms with Crippen LogP contribution in [0.1, 0.15) is 42.9 Å². The zero-order valence-electron chi connectivity index (χ0n) is 12.2. The molecule has 2 rings (SSSR count). The van der Waals surface area contributed by atoms with Gasteiger partial charge < -0.3 is 10.4 Å². The van der Waals surface area contributed by atoms with E-state index < -0.39 is 12.0 Å². The van der Waals surface area contributed by atoms with Gasteiger partial charge in [0.15, 0.2) is 0 Å². The summed E-state index contributed by atoms with van der Waals surface area (Å²) in [4.78, 5) is 23.4. The summed E-state index contributed by atoms with van der Waals surface area (Å²) in [5.41, 5.74) is 1.87. The Morgan fingerprint density at radius 1 is 1.33 bits per heavy atom. The zero-order valence-corrected chi connectivity index (χ0v) is 12.2. The number of rotatable bonds is 5. The smallest absolute Gasteiger partial charge is 0.305 e. The number of carbonyl (C=O) groups is 2. The Morgan fingerprint density at radius 2 is 2.10 bits per heavy atom. The van der Waals surface area contributed by atoms with Crippen molar-refractivity contribution in [2.45, 2.75) is 38.6 Å². The Morgan fingerprint density at radius 3 is 2.71 bits per heavy atom. The highest BCUT2D eigenvalue weighted by atomic mass is 16.4. The molecule has 1 amide bonds. The van der Waals surface area contributed by atoms with Crippen LogP contribution in [0.15, 0.2) is 36.4 Å². The van der Waals surface area contributed by atoms with Crippen molar-refractivity contribution in [1.29, 1.82) is 0 Å². The number of nitrogens with one attached hydrogen (secondary N) is 1. The molecular formula is C17H21NO3. The molecule has 1 aliphatic carbocycles. The van der Waals surface area contributed by atoms with Gasteiger partial charge in [-0.1, -0.05) is 36.4 Å². The van der Waals surface area contributed by atoms with E-state index in [4.69, 9.17) is 5.11 Å². The molecule has 0 heterocycles. The summed E-state index contributed by atoms with van der Waals surface area (Å²) in [5, 5.41) is 12.0. The van der Waals surface area contributed by atoms with Crippen molar-refractivity contribution >= 4 is 11.9 Å². The van der Waals surface area contributed by atoms with Gasteiger partial charge >= 0.3 is 5.97 Å². The van der Waals surface area contributed by atoms with Crippen molar-refractivity contribution in [3.05, 3.63) is 47.5 Å². The minimum absolute atomic E-state index is 0.0460. The summed E-state index contributed by atoms with van der Waals surface area (Å²) in [6.07, 6.45) is 6.48. The van der Waals surface area contributed by atoms with Gasteiger partial charge in [-0.15, -0.1) is 0 Å². The van der Waals surface area contributed by atoms with E-state index in [0.29, 0.717) is 0 Å². The first-order chi connectivity index (χ1) is 10.1. The summed E-state index contributed by atoms with van der Waals surface area (Å²) in [5.74, 6) is -1.00. The molecule has 1 aromatic carbocycles. The van der Waals surface area contributed by atoms with Crippen LogP contribution in [-0.2, 0) is 9.59 Å². The van der Waals surface area contributed by atoms with E-state index in [1.807, 2.05) is 37.3 Å². The van der Waals surface area contributed by atoms with Crippen LogP contribution in [0, 0.1) is 12.8 Å². The maximum absolute atomic E-state index is 12.3. The molecule has 0 aliphatic heterocycles. The molecule has 21 heavy (non-hydrogen) atoms. The van der Waals surface area contributed by atoms with E-state index in [-0.39, 0.29) is 18.2 Å². The zero-order chi connectivity index (χ0) is 15.2. The normalized spacial score (nSPS) is 19.0. The predicted octanol–water partition coefficient (Wildman–Crippen LogP) is 2.98. The highest BCUT2D eigenvalue weighted by molar-refractivity contribution is 5.80. The van der Waals surface area contributed by atoms with Gasteiger partial charge in [0.25, 0.3) is 0 Å². The lowest BCUT2D eigenvalue weighted by atomic mass is 9.92. The molecule has 2 N–H and O–H groups in total. The molecule has 1 aliphatic rings. The summed E-state index contributed by atoms with van der Waals surface area (Å²) in [6, 6.07) is 7.11. The Bertz CT molecular complexity index is 551. The standard InChI is InChI=1S/C17H21NO3/c1-12-7-5-6-10-14(12)15(11-16(19)20)18-17(21)13-8-3-2-4-9-13/h2-3,5-7,10,13,15H,4,8-9,11H2,1H3,(H,18,21)(H,19,20)/t13-,15-/m0/s1. The lowest BCUT2D eigenvalue weighted by Crippen LogP contribution is -2.35. The average molecular weight is 287 g/mol. The number of hydrogen-bond donors (Lipinski definition) is 2. The molecule has 4 nitrogen and oxygen atoms in total. The summed E-state index contributed by atoms with van der Waals surface area (Å²) in [6.45, 7) is 1.93. The van der Waals surface area contributed by atoms with Crippen molar-refractivity contribution in [3.63, 3.8) is 0 Å². The van der Waals surface area contributed by atoms with Gasteiger partial charge in [0.1, 0.15) is 0 Å². The second-order valence-electron chi connectivity index (χ2n) is 5.50. The second-order valence-corrected chi connectivity index (χ2v) is 5.50. The highest BCUT2D eigenvalue weighted by Crippen LogP contribution is 2.24. The fourth-order valence-corrected chi connectivity index (χ4v) is 2.71. The number of benzene rings is 1. The lowest BCUT2D eigenvalue weighted by molar-refractivity contribution is -0.138. The number of amides is 1. The number of aryl methyl sites for hydroxylation is 1. The Balaban J connectivity index is 2.13. The first-order valence-electron chi connectivity index (χ1n) is 7.30. The van der Waals surface area contributed by atoms with Crippen molar-refractivity contribution in [1.82, 2.24) is 5.32 Å². The maximum atomic E-state index is 12.3. The number of hydrogen-bond acceptors (Lipinski definition) is 2. The number of allylic oxidation sites excluding steroid dienone is 2. The van der Waals surface area contributed by atoms with Gasteiger partial charge in [0, 0.05) is 5.92 Å². The molecule has 0 spiro atoms. The van der Waals surface area contributed by atoms with E-state index >= 15 is 0 Å². The quantitative estimate of drug-likeness (QED) is 0.818. The number of carbonyl (C=O) groups excluding carboxylic acids is 1. The number of aliphatic carboxylic acids is 1. The lowest BCUT2D eigenvalue weighted by Gasteiger charge is -2.23. The van der Waals surface area contributed by atoms with Crippen LogP contribution < -0.4 is 5.32 Å². The van der Waals surface area contributed by atoms with Crippen LogP contribution in [0.3, 0.4) is 0 Å². The third-order valence-electron chi connectivity index (χ3n) is 3.90. The van der Waals surface area contributed by atoms with E-state index in [9.17, 15) is 9.59 Å². The molecule has 0 aromatic heterocycles. The third-order valence-corrected chi connectivity index (χ3v) is 3.90.